The maximum atomic E-state index is 6.34. The van der Waals surface area contributed by atoms with Gasteiger partial charge in [-0.05, 0) is 52.0 Å². The van der Waals surface area contributed by atoms with Gasteiger partial charge in [0.15, 0.2) is 0 Å². The Morgan fingerprint density at radius 3 is 2.42 bits per heavy atom. The van der Waals surface area contributed by atoms with E-state index in [1.54, 1.807) is 0 Å². The van der Waals surface area contributed by atoms with E-state index in [9.17, 15) is 0 Å². The fourth-order valence-corrected chi connectivity index (χ4v) is 2.79. The minimum atomic E-state index is -0.623. The van der Waals surface area contributed by atoms with Crippen molar-refractivity contribution in [2.75, 3.05) is 13.7 Å². The van der Waals surface area contributed by atoms with Gasteiger partial charge < -0.3 is 10.5 Å². The quantitative estimate of drug-likeness (QED) is 0.664. The van der Waals surface area contributed by atoms with Crippen molar-refractivity contribution in [1.29, 1.82) is 0 Å². The Morgan fingerprint density at radius 1 is 1.25 bits per heavy atom. The van der Waals surface area contributed by atoms with E-state index in [4.69, 9.17) is 10.5 Å². The maximum absolute atomic E-state index is 6.34. The zero-order valence-electron chi connectivity index (χ0n) is 16.8. The van der Waals surface area contributed by atoms with E-state index in [0.29, 0.717) is 18.6 Å². The predicted molar refractivity (Wildman–Crippen MR) is 98.4 cm³/mol. The van der Waals surface area contributed by atoms with E-state index in [-0.39, 0.29) is 5.41 Å². The summed E-state index contributed by atoms with van der Waals surface area (Å²) in [5.41, 5.74) is 6.70. The van der Waals surface area contributed by atoms with Gasteiger partial charge in [-0.25, -0.2) is 4.68 Å². The number of hydrogen-bond acceptors (Lipinski definition) is 5. The number of rotatable bonds is 10. The van der Waals surface area contributed by atoms with Crippen molar-refractivity contribution in [3.05, 3.63) is 11.9 Å². The molecule has 0 aliphatic rings. The van der Waals surface area contributed by atoms with Crippen LogP contribution in [0, 0.1) is 11.3 Å². The summed E-state index contributed by atoms with van der Waals surface area (Å²) in [6.45, 7) is 16.4. The SMILES string of the molecule is CC(C)COC(C)(N)CC(C)(C)Cc1cn(CN(C)C(C)C)nn1. The largest absolute Gasteiger partial charge is 0.361 e. The summed E-state index contributed by atoms with van der Waals surface area (Å²) in [6.07, 6.45) is 3.63. The molecule has 1 atom stereocenters. The highest BCUT2D eigenvalue weighted by atomic mass is 16.5. The van der Waals surface area contributed by atoms with Gasteiger partial charge >= 0.3 is 0 Å². The van der Waals surface area contributed by atoms with Crippen LogP contribution in [0.4, 0.5) is 0 Å². The molecular weight excluding hydrogens is 302 g/mol. The summed E-state index contributed by atoms with van der Waals surface area (Å²) in [4.78, 5) is 2.22. The molecule has 0 spiro atoms. The van der Waals surface area contributed by atoms with Crippen molar-refractivity contribution < 1.29 is 4.74 Å². The van der Waals surface area contributed by atoms with E-state index in [2.05, 4.69) is 63.8 Å². The molecular formula is C18H37N5O. The van der Waals surface area contributed by atoms with Crippen molar-refractivity contribution >= 4 is 0 Å². The topological polar surface area (TPSA) is 69.2 Å². The summed E-state index contributed by atoms with van der Waals surface area (Å²) < 4.78 is 7.77. The smallest absolute Gasteiger partial charge is 0.114 e. The Labute approximate surface area is 147 Å². The van der Waals surface area contributed by atoms with E-state index in [0.717, 1.165) is 25.2 Å². The molecule has 0 amide bonds. The third-order valence-electron chi connectivity index (χ3n) is 4.07. The van der Waals surface area contributed by atoms with Crippen LogP contribution in [0.1, 0.15) is 60.6 Å². The first-order valence-electron chi connectivity index (χ1n) is 8.92. The molecule has 1 heterocycles. The molecule has 1 aromatic rings. The first-order valence-corrected chi connectivity index (χ1v) is 8.92. The molecule has 2 N–H and O–H groups in total. The van der Waals surface area contributed by atoms with Crippen LogP contribution in [0.15, 0.2) is 6.20 Å². The van der Waals surface area contributed by atoms with Crippen molar-refractivity contribution in [3.63, 3.8) is 0 Å². The van der Waals surface area contributed by atoms with E-state index in [1.807, 2.05) is 17.8 Å². The van der Waals surface area contributed by atoms with Crippen molar-refractivity contribution in [2.45, 2.75) is 79.7 Å². The fraction of sp³-hybridized carbons (Fsp3) is 0.889. The van der Waals surface area contributed by atoms with Gasteiger partial charge in [0, 0.05) is 12.2 Å². The van der Waals surface area contributed by atoms with Crippen LogP contribution in [0.5, 0.6) is 0 Å². The molecule has 6 heteroatoms. The third-order valence-corrected chi connectivity index (χ3v) is 4.07. The summed E-state index contributed by atoms with van der Waals surface area (Å²) in [6, 6.07) is 0.477. The molecule has 0 aliphatic carbocycles. The summed E-state index contributed by atoms with van der Waals surface area (Å²) in [5, 5.41) is 8.56. The van der Waals surface area contributed by atoms with E-state index in [1.165, 1.54) is 0 Å². The molecule has 0 aliphatic heterocycles. The lowest BCUT2D eigenvalue weighted by Gasteiger charge is -2.34. The molecule has 0 bridgehead atoms. The van der Waals surface area contributed by atoms with Gasteiger partial charge in [-0.15, -0.1) is 5.10 Å². The zero-order valence-corrected chi connectivity index (χ0v) is 16.8. The standard InChI is InChI=1S/C18H37N5O/c1-14(2)11-24-18(7,19)12-17(5,6)9-16-10-23(21-20-16)13-22(8)15(3)4/h10,14-15H,9,11-13,19H2,1-8H3. The maximum Gasteiger partial charge on any atom is 0.114 e. The second kappa shape index (κ2) is 8.41. The average molecular weight is 340 g/mol. The van der Waals surface area contributed by atoms with Gasteiger partial charge in [-0.2, -0.15) is 0 Å². The molecule has 140 valence electrons. The predicted octanol–water partition coefficient (Wildman–Crippen LogP) is 2.88. The number of nitrogens with zero attached hydrogens (tertiary/aromatic N) is 4. The lowest BCUT2D eigenvalue weighted by Crippen LogP contribution is -2.44. The molecule has 1 aromatic heterocycles. The average Bonchev–Trinajstić information content (AvgIpc) is 2.81. The highest BCUT2D eigenvalue weighted by Gasteiger charge is 2.31. The minimum Gasteiger partial charge on any atom is -0.361 e. The highest BCUT2D eigenvalue weighted by molar-refractivity contribution is 4.98. The molecule has 1 unspecified atom stereocenters. The van der Waals surface area contributed by atoms with Crippen molar-refractivity contribution in [3.8, 4) is 0 Å². The van der Waals surface area contributed by atoms with Crippen LogP contribution in [-0.4, -0.2) is 45.3 Å². The lowest BCUT2D eigenvalue weighted by atomic mass is 9.81. The van der Waals surface area contributed by atoms with E-state index < -0.39 is 5.72 Å². The van der Waals surface area contributed by atoms with Crippen LogP contribution in [0.25, 0.3) is 0 Å². The Morgan fingerprint density at radius 2 is 1.88 bits per heavy atom. The van der Waals surface area contributed by atoms with Crippen LogP contribution in [-0.2, 0) is 17.8 Å². The zero-order chi connectivity index (χ0) is 18.5. The second-order valence-corrected chi connectivity index (χ2v) is 8.78. The summed E-state index contributed by atoms with van der Waals surface area (Å²) >= 11 is 0. The van der Waals surface area contributed by atoms with Gasteiger partial charge in [-0.3, -0.25) is 4.90 Å². The Hall–Kier alpha value is -0.980. The van der Waals surface area contributed by atoms with Gasteiger partial charge in [-0.1, -0.05) is 32.9 Å². The Bertz CT molecular complexity index is 493. The molecule has 0 saturated heterocycles. The fourth-order valence-electron chi connectivity index (χ4n) is 2.79. The molecule has 0 saturated carbocycles. The van der Waals surface area contributed by atoms with Crippen molar-refractivity contribution in [1.82, 2.24) is 19.9 Å². The highest BCUT2D eigenvalue weighted by Crippen LogP contribution is 2.31. The summed E-state index contributed by atoms with van der Waals surface area (Å²) in [7, 11) is 2.09. The van der Waals surface area contributed by atoms with Gasteiger partial charge in [0.05, 0.1) is 19.0 Å². The first kappa shape index (κ1) is 21.1. The Balaban J connectivity index is 2.62. The second-order valence-electron chi connectivity index (χ2n) is 8.78. The monoisotopic (exact) mass is 339 g/mol. The normalized spacial score (nSPS) is 15.5. The van der Waals surface area contributed by atoms with E-state index >= 15 is 0 Å². The number of hydrogen-bond donors (Lipinski definition) is 1. The molecule has 24 heavy (non-hydrogen) atoms. The molecule has 0 aromatic carbocycles. The van der Waals surface area contributed by atoms with Crippen LogP contribution in [0.2, 0.25) is 0 Å². The molecule has 6 nitrogen and oxygen atoms in total. The number of nitrogens with two attached hydrogens (primary N) is 1. The van der Waals surface area contributed by atoms with Gasteiger partial charge in [0.1, 0.15) is 5.72 Å². The molecule has 1 rings (SSSR count). The molecule has 0 fully saturated rings. The minimum absolute atomic E-state index is 0.00864. The number of ether oxygens (including phenoxy) is 1. The van der Waals surface area contributed by atoms with Crippen LogP contribution >= 0.6 is 0 Å². The third kappa shape index (κ3) is 7.73. The Kier molecular flexibility index (Phi) is 7.38. The van der Waals surface area contributed by atoms with Gasteiger partial charge in [0.2, 0.25) is 0 Å². The lowest BCUT2D eigenvalue weighted by molar-refractivity contribution is -0.0653. The van der Waals surface area contributed by atoms with Crippen LogP contribution in [0.3, 0.4) is 0 Å². The first-order chi connectivity index (χ1) is 10.9. The summed E-state index contributed by atoms with van der Waals surface area (Å²) in [5.74, 6) is 0.480. The number of aromatic nitrogens is 3. The van der Waals surface area contributed by atoms with Crippen molar-refractivity contribution in [2.24, 2.45) is 17.1 Å². The van der Waals surface area contributed by atoms with Gasteiger partial charge in [0.25, 0.3) is 0 Å². The van der Waals surface area contributed by atoms with Crippen LogP contribution < -0.4 is 5.73 Å². The molecule has 0 radical (unpaired) electrons.